The predicted octanol–water partition coefficient (Wildman–Crippen LogP) is 4.09. The molecule has 0 aromatic heterocycles. The lowest BCUT2D eigenvalue weighted by molar-refractivity contribution is 0.0747. The molecule has 0 unspecified atom stereocenters. The number of rotatable bonds is 2. The zero-order chi connectivity index (χ0) is 16.4. The van der Waals surface area contributed by atoms with Gasteiger partial charge >= 0.3 is 0 Å². The summed E-state index contributed by atoms with van der Waals surface area (Å²) in [6, 6.07) is 11.4. The van der Waals surface area contributed by atoms with Gasteiger partial charge in [-0.2, -0.15) is 0 Å². The third-order valence-electron chi connectivity index (χ3n) is 3.91. The first-order valence-corrected chi connectivity index (χ1v) is 8.05. The Bertz CT molecular complexity index is 730. The smallest absolute Gasteiger partial charge is 0.254 e. The molecule has 0 radical (unpaired) electrons. The Morgan fingerprint density at radius 1 is 0.957 bits per heavy atom. The number of amides is 1. The SMILES string of the molecule is O=C(c1ccc(Cl)c(Cl)c1)N1CCN(c2cccc(F)c2)CC1. The van der Waals surface area contributed by atoms with Crippen LogP contribution in [0.25, 0.3) is 0 Å². The maximum atomic E-state index is 13.3. The van der Waals surface area contributed by atoms with Crippen molar-refractivity contribution in [2.75, 3.05) is 31.1 Å². The number of piperazine rings is 1. The maximum absolute atomic E-state index is 13.3. The highest BCUT2D eigenvalue weighted by Gasteiger charge is 2.22. The van der Waals surface area contributed by atoms with Gasteiger partial charge in [-0.15, -0.1) is 0 Å². The van der Waals surface area contributed by atoms with E-state index in [1.54, 1.807) is 29.2 Å². The average molecular weight is 353 g/mol. The standard InChI is InChI=1S/C17H15Cl2FN2O/c18-15-5-4-12(10-16(15)19)17(23)22-8-6-21(7-9-22)14-3-1-2-13(20)11-14/h1-5,10-11H,6-9H2. The van der Waals surface area contributed by atoms with Crippen molar-refractivity contribution in [1.82, 2.24) is 4.90 Å². The van der Waals surface area contributed by atoms with Crippen LogP contribution in [0.1, 0.15) is 10.4 Å². The van der Waals surface area contributed by atoms with Gasteiger partial charge in [-0.25, -0.2) is 4.39 Å². The predicted molar refractivity (Wildman–Crippen MR) is 91.0 cm³/mol. The van der Waals surface area contributed by atoms with Gasteiger partial charge in [0.25, 0.3) is 5.91 Å². The Balaban J connectivity index is 1.66. The highest BCUT2D eigenvalue weighted by atomic mass is 35.5. The van der Waals surface area contributed by atoms with Crippen LogP contribution in [0.5, 0.6) is 0 Å². The molecule has 2 aromatic rings. The molecule has 1 aliphatic rings. The van der Waals surface area contributed by atoms with Gasteiger partial charge in [0.2, 0.25) is 0 Å². The number of hydrogen-bond acceptors (Lipinski definition) is 2. The number of carbonyl (C=O) groups is 1. The monoisotopic (exact) mass is 352 g/mol. The fourth-order valence-corrected chi connectivity index (χ4v) is 2.95. The molecule has 23 heavy (non-hydrogen) atoms. The summed E-state index contributed by atoms with van der Waals surface area (Å²) >= 11 is 11.8. The van der Waals surface area contributed by atoms with Crippen LogP contribution in [-0.4, -0.2) is 37.0 Å². The average Bonchev–Trinajstić information content (AvgIpc) is 2.57. The molecule has 0 N–H and O–H groups in total. The van der Waals surface area contributed by atoms with Crippen LogP contribution in [0, 0.1) is 5.82 Å². The van der Waals surface area contributed by atoms with E-state index in [0.29, 0.717) is 41.8 Å². The molecule has 3 nitrogen and oxygen atoms in total. The van der Waals surface area contributed by atoms with Gasteiger partial charge in [0.1, 0.15) is 5.82 Å². The van der Waals surface area contributed by atoms with Crippen molar-refractivity contribution in [2.24, 2.45) is 0 Å². The van der Waals surface area contributed by atoms with Gasteiger partial charge in [-0.1, -0.05) is 29.3 Å². The first-order chi connectivity index (χ1) is 11.0. The molecule has 0 bridgehead atoms. The first-order valence-electron chi connectivity index (χ1n) is 7.29. The van der Waals surface area contributed by atoms with Gasteiger partial charge in [0.15, 0.2) is 0 Å². The summed E-state index contributed by atoms with van der Waals surface area (Å²) in [7, 11) is 0. The Labute approximate surface area is 144 Å². The van der Waals surface area contributed by atoms with Crippen LogP contribution in [0.4, 0.5) is 10.1 Å². The van der Waals surface area contributed by atoms with Crippen LogP contribution in [0.3, 0.4) is 0 Å². The third-order valence-corrected chi connectivity index (χ3v) is 4.65. The van der Waals surface area contributed by atoms with Crippen LogP contribution >= 0.6 is 23.2 Å². The van der Waals surface area contributed by atoms with Gasteiger partial charge in [0.05, 0.1) is 10.0 Å². The summed E-state index contributed by atoms with van der Waals surface area (Å²) in [5.41, 5.74) is 1.37. The van der Waals surface area contributed by atoms with E-state index in [4.69, 9.17) is 23.2 Å². The van der Waals surface area contributed by atoms with Crippen molar-refractivity contribution in [2.45, 2.75) is 0 Å². The molecule has 1 amide bonds. The van der Waals surface area contributed by atoms with E-state index in [1.165, 1.54) is 12.1 Å². The lowest BCUT2D eigenvalue weighted by Crippen LogP contribution is -2.48. The fraction of sp³-hybridized carbons (Fsp3) is 0.235. The molecule has 1 fully saturated rings. The summed E-state index contributed by atoms with van der Waals surface area (Å²) in [4.78, 5) is 16.4. The lowest BCUT2D eigenvalue weighted by Gasteiger charge is -2.36. The minimum absolute atomic E-state index is 0.0672. The second-order valence-corrected chi connectivity index (χ2v) is 6.20. The molecular formula is C17H15Cl2FN2O. The Kier molecular flexibility index (Phi) is 4.74. The maximum Gasteiger partial charge on any atom is 0.254 e. The number of benzene rings is 2. The molecule has 120 valence electrons. The van der Waals surface area contributed by atoms with Gasteiger partial charge < -0.3 is 9.80 Å². The third kappa shape index (κ3) is 3.59. The van der Waals surface area contributed by atoms with E-state index in [9.17, 15) is 9.18 Å². The topological polar surface area (TPSA) is 23.6 Å². The van der Waals surface area contributed by atoms with E-state index < -0.39 is 0 Å². The zero-order valence-corrected chi connectivity index (χ0v) is 13.8. The molecule has 0 spiro atoms. The Hall–Kier alpha value is -1.78. The van der Waals surface area contributed by atoms with Crippen molar-refractivity contribution in [3.8, 4) is 0 Å². The number of nitrogens with zero attached hydrogens (tertiary/aromatic N) is 2. The fourth-order valence-electron chi connectivity index (χ4n) is 2.65. The molecule has 0 aliphatic carbocycles. The van der Waals surface area contributed by atoms with Crippen molar-refractivity contribution in [3.05, 3.63) is 63.9 Å². The lowest BCUT2D eigenvalue weighted by atomic mass is 10.1. The molecule has 6 heteroatoms. The minimum Gasteiger partial charge on any atom is -0.368 e. The summed E-state index contributed by atoms with van der Waals surface area (Å²) < 4.78 is 13.3. The molecule has 1 saturated heterocycles. The van der Waals surface area contributed by atoms with Gasteiger partial charge in [0, 0.05) is 37.4 Å². The van der Waals surface area contributed by atoms with E-state index in [-0.39, 0.29) is 11.7 Å². The van der Waals surface area contributed by atoms with Crippen molar-refractivity contribution in [3.63, 3.8) is 0 Å². The second-order valence-electron chi connectivity index (χ2n) is 5.39. The zero-order valence-electron chi connectivity index (χ0n) is 12.3. The van der Waals surface area contributed by atoms with Crippen LogP contribution in [0.15, 0.2) is 42.5 Å². The quantitative estimate of drug-likeness (QED) is 0.812. The summed E-state index contributed by atoms with van der Waals surface area (Å²) in [6.45, 7) is 2.48. The summed E-state index contributed by atoms with van der Waals surface area (Å²) in [5, 5.41) is 0.801. The first kappa shape index (κ1) is 16.1. The van der Waals surface area contributed by atoms with Crippen molar-refractivity contribution >= 4 is 34.8 Å². The van der Waals surface area contributed by atoms with Crippen LogP contribution in [-0.2, 0) is 0 Å². The molecule has 0 saturated carbocycles. The number of hydrogen-bond donors (Lipinski definition) is 0. The molecule has 2 aromatic carbocycles. The molecule has 0 atom stereocenters. The van der Waals surface area contributed by atoms with E-state index in [2.05, 4.69) is 4.90 Å². The number of halogens is 3. The summed E-state index contributed by atoms with van der Waals surface area (Å²) in [5.74, 6) is -0.320. The second kappa shape index (κ2) is 6.77. The van der Waals surface area contributed by atoms with Crippen LogP contribution < -0.4 is 4.90 Å². The minimum atomic E-state index is -0.253. The largest absolute Gasteiger partial charge is 0.368 e. The molecule has 3 rings (SSSR count). The van der Waals surface area contributed by atoms with E-state index in [0.717, 1.165) is 5.69 Å². The van der Waals surface area contributed by atoms with Crippen molar-refractivity contribution < 1.29 is 9.18 Å². The molecule has 1 heterocycles. The van der Waals surface area contributed by atoms with E-state index in [1.807, 2.05) is 6.07 Å². The highest BCUT2D eigenvalue weighted by molar-refractivity contribution is 6.42. The Morgan fingerprint density at radius 3 is 2.35 bits per heavy atom. The summed E-state index contributed by atoms with van der Waals surface area (Å²) in [6.07, 6.45) is 0. The normalized spacial score (nSPS) is 14.9. The van der Waals surface area contributed by atoms with Crippen LogP contribution in [0.2, 0.25) is 10.0 Å². The highest BCUT2D eigenvalue weighted by Crippen LogP contribution is 2.24. The molecular weight excluding hydrogens is 338 g/mol. The van der Waals surface area contributed by atoms with Crippen molar-refractivity contribution in [1.29, 1.82) is 0 Å². The van der Waals surface area contributed by atoms with E-state index >= 15 is 0 Å². The number of carbonyl (C=O) groups excluding carboxylic acids is 1. The molecule has 1 aliphatic heterocycles. The Morgan fingerprint density at radius 2 is 1.70 bits per heavy atom. The van der Waals surface area contributed by atoms with Gasteiger partial charge in [-0.05, 0) is 36.4 Å². The number of anilines is 1. The van der Waals surface area contributed by atoms with Gasteiger partial charge in [-0.3, -0.25) is 4.79 Å².